The van der Waals surface area contributed by atoms with E-state index in [4.69, 9.17) is 14.1 Å². The van der Waals surface area contributed by atoms with Gasteiger partial charge in [0.05, 0.1) is 25.6 Å². The Morgan fingerprint density at radius 2 is 1.90 bits per heavy atom. The van der Waals surface area contributed by atoms with Gasteiger partial charge in [-0.05, 0) is 55.0 Å². The van der Waals surface area contributed by atoms with Crippen molar-refractivity contribution in [3.05, 3.63) is 89.2 Å². The van der Waals surface area contributed by atoms with Crippen LogP contribution in [0.25, 0.3) is 11.3 Å². The Balaban J connectivity index is 1.68. The Labute approximate surface area is 173 Å². The molecule has 2 aromatic carbocycles. The Kier molecular flexibility index (Phi) is 5.44. The molecule has 146 valence electrons. The van der Waals surface area contributed by atoms with Crippen LogP contribution in [0.5, 0.6) is 5.75 Å². The third kappa shape index (κ3) is 4.07. The Morgan fingerprint density at radius 1 is 1.10 bits per heavy atom. The number of thiazole rings is 1. The number of nitrogens with zero attached hydrogens (tertiary/aromatic N) is 2. The summed E-state index contributed by atoms with van der Waals surface area (Å²) in [6, 6.07) is 18.9. The Hall–Kier alpha value is -3.38. The van der Waals surface area contributed by atoms with E-state index in [9.17, 15) is 4.79 Å². The number of methoxy groups -OCH3 is 1. The molecule has 29 heavy (non-hydrogen) atoms. The highest BCUT2D eigenvalue weighted by Gasteiger charge is 2.23. The maximum atomic E-state index is 13.4. The summed E-state index contributed by atoms with van der Waals surface area (Å²) in [7, 11) is 1.64. The van der Waals surface area contributed by atoms with Gasteiger partial charge in [0, 0.05) is 16.5 Å². The topological polar surface area (TPSA) is 55.6 Å². The third-order valence-corrected chi connectivity index (χ3v) is 5.49. The maximum Gasteiger partial charge on any atom is 0.260 e. The second kappa shape index (κ2) is 8.32. The fraction of sp³-hybridized carbons (Fsp3) is 0.130. The van der Waals surface area contributed by atoms with Crippen molar-refractivity contribution in [1.82, 2.24) is 4.98 Å². The van der Waals surface area contributed by atoms with Gasteiger partial charge in [0.25, 0.3) is 5.91 Å². The number of aryl methyl sites for hydroxylation is 1. The average molecular weight is 404 g/mol. The highest BCUT2D eigenvalue weighted by molar-refractivity contribution is 7.14. The summed E-state index contributed by atoms with van der Waals surface area (Å²) in [5.74, 6) is 1.39. The monoisotopic (exact) mass is 404 g/mol. The number of carbonyl (C=O) groups excluding carboxylic acids is 1. The van der Waals surface area contributed by atoms with Crippen molar-refractivity contribution < 1.29 is 13.9 Å². The maximum absolute atomic E-state index is 13.4. The molecular weight excluding hydrogens is 384 g/mol. The summed E-state index contributed by atoms with van der Waals surface area (Å²) in [5, 5.41) is 2.58. The van der Waals surface area contributed by atoms with E-state index in [2.05, 4.69) is 0 Å². The number of furan rings is 1. The number of ether oxygens (including phenoxy) is 1. The molecule has 0 aliphatic carbocycles. The number of anilines is 1. The van der Waals surface area contributed by atoms with E-state index >= 15 is 0 Å². The first kappa shape index (κ1) is 19.0. The van der Waals surface area contributed by atoms with Gasteiger partial charge in [-0.1, -0.05) is 18.2 Å². The zero-order valence-electron chi connectivity index (χ0n) is 16.2. The van der Waals surface area contributed by atoms with Crippen LogP contribution in [0.1, 0.15) is 21.7 Å². The molecule has 0 unspecified atom stereocenters. The minimum atomic E-state index is -0.102. The molecule has 6 heteroatoms. The molecule has 1 amide bonds. The zero-order chi connectivity index (χ0) is 20.2. The van der Waals surface area contributed by atoms with Crippen LogP contribution in [0.2, 0.25) is 0 Å². The van der Waals surface area contributed by atoms with E-state index in [0.717, 1.165) is 22.6 Å². The highest BCUT2D eigenvalue weighted by atomic mass is 32.1. The lowest BCUT2D eigenvalue weighted by Gasteiger charge is -2.19. The normalized spacial score (nSPS) is 10.7. The minimum absolute atomic E-state index is 0.102. The first-order valence-corrected chi connectivity index (χ1v) is 10.0. The molecule has 4 aromatic rings. The van der Waals surface area contributed by atoms with Gasteiger partial charge in [0.1, 0.15) is 11.5 Å². The number of amides is 1. The average Bonchev–Trinajstić information content (AvgIpc) is 3.44. The molecule has 0 N–H and O–H groups in total. The summed E-state index contributed by atoms with van der Waals surface area (Å²) in [6.45, 7) is 2.25. The molecule has 4 rings (SSSR count). The molecule has 5 nitrogen and oxygen atoms in total. The third-order valence-electron chi connectivity index (χ3n) is 4.62. The molecule has 0 fully saturated rings. The molecule has 2 aromatic heterocycles. The van der Waals surface area contributed by atoms with Gasteiger partial charge in [-0.15, -0.1) is 11.3 Å². The predicted octanol–water partition coefficient (Wildman–Crippen LogP) is 5.57. The SMILES string of the molecule is COc1ccc(-c2csc(N(Cc3ccco3)C(=O)c3ccccc3C)n2)cc1. The summed E-state index contributed by atoms with van der Waals surface area (Å²) >= 11 is 1.43. The fourth-order valence-corrected chi connectivity index (χ4v) is 3.86. The van der Waals surface area contributed by atoms with Gasteiger partial charge in [0.2, 0.25) is 0 Å². The molecule has 0 atom stereocenters. The largest absolute Gasteiger partial charge is 0.497 e. The lowest BCUT2D eigenvalue weighted by molar-refractivity contribution is 0.0982. The second-order valence-corrected chi connectivity index (χ2v) is 7.37. The van der Waals surface area contributed by atoms with Crippen molar-refractivity contribution in [3.8, 4) is 17.0 Å². The molecule has 0 aliphatic rings. The molecular formula is C23H20N2O3S. The summed E-state index contributed by atoms with van der Waals surface area (Å²) in [5.41, 5.74) is 3.36. The van der Waals surface area contributed by atoms with E-state index in [0.29, 0.717) is 23.0 Å². The van der Waals surface area contributed by atoms with Crippen molar-refractivity contribution in [2.24, 2.45) is 0 Å². The lowest BCUT2D eigenvalue weighted by Crippen LogP contribution is -2.30. The van der Waals surface area contributed by atoms with Crippen LogP contribution >= 0.6 is 11.3 Å². The van der Waals surface area contributed by atoms with Crippen molar-refractivity contribution >= 4 is 22.4 Å². The fourth-order valence-electron chi connectivity index (χ4n) is 3.03. The molecule has 0 bridgehead atoms. The Bertz CT molecular complexity index is 1100. The van der Waals surface area contributed by atoms with Crippen LogP contribution in [0.4, 0.5) is 5.13 Å². The van der Waals surface area contributed by atoms with Gasteiger partial charge >= 0.3 is 0 Å². The van der Waals surface area contributed by atoms with E-state index in [1.807, 2.05) is 73.0 Å². The van der Waals surface area contributed by atoms with Crippen LogP contribution in [0.15, 0.2) is 76.7 Å². The molecule has 0 spiro atoms. The van der Waals surface area contributed by atoms with Gasteiger partial charge in [-0.3, -0.25) is 9.69 Å². The summed E-state index contributed by atoms with van der Waals surface area (Å²) in [6.07, 6.45) is 1.61. The standard InChI is InChI=1S/C23H20N2O3S/c1-16-6-3-4-8-20(16)22(26)25(14-19-7-5-13-28-19)23-24-21(15-29-23)17-9-11-18(27-2)12-10-17/h3-13,15H,14H2,1-2H3. The predicted molar refractivity (Wildman–Crippen MR) is 115 cm³/mol. The number of hydrogen-bond donors (Lipinski definition) is 0. The van der Waals surface area contributed by atoms with E-state index < -0.39 is 0 Å². The minimum Gasteiger partial charge on any atom is -0.497 e. The Morgan fingerprint density at radius 3 is 2.59 bits per heavy atom. The summed E-state index contributed by atoms with van der Waals surface area (Å²) < 4.78 is 10.7. The van der Waals surface area contributed by atoms with Crippen LogP contribution < -0.4 is 9.64 Å². The molecule has 0 saturated heterocycles. The van der Waals surface area contributed by atoms with Crippen molar-refractivity contribution in [1.29, 1.82) is 0 Å². The highest BCUT2D eigenvalue weighted by Crippen LogP contribution is 2.31. The van der Waals surface area contributed by atoms with Gasteiger partial charge in [-0.2, -0.15) is 0 Å². The number of aromatic nitrogens is 1. The molecule has 0 aliphatic heterocycles. The van der Waals surface area contributed by atoms with Crippen molar-refractivity contribution in [3.63, 3.8) is 0 Å². The number of benzene rings is 2. The van der Waals surface area contributed by atoms with Crippen LogP contribution in [-0.4, -0.2) is 18.0 Å². The van der Waals surface area contributed by atoms with Crippen LogP contribution in [0, 0.1) is 6.92 Å². The van der Waals surface area contributed by atoms with E-state index in [1.165, 1.54) is 11.3 Å². The zero-order valence-corrected chi connectivity index (χ0v) is 17.0. The van der Waals surface area contributed by atoms with Gasteiger partial charge in [-0.25, -0.2) is 4.98 Å². The molecule has 2 heterocycles. The van der Waals surface area contributed by atoms with Crippen molar-refractivity contribution in [2.45, 2.75) is 13.5 Å². The van der Waals surface area contributed by atoms with E-state index in [-0.39, 0.29) is 5.91 Å². The van der Waals surface area contributed by atoms with E-state index in [1.54, 1.807) is 18.3 Å². The van der Waals surface area contributed by atoms with Gasteiger partial charge in [0.15, 0.2) is 5.13 Å². The van der Waals surface area contributed by atoms with Crippen molar-refractivity contribution in [2.75, 3.05) is 12.0 Å². The number of carbonyl (C=O) groups is 1. The smallest absolute Gasteiger partial charge is 0.260 e. The molecule has 0 saturated carbocycles. The first-order chi connectivity index (χ1) is 14.2. The first-order valence-electron chi connectivity index (χ1n) is 9.15. The quantitative estimate of drug-likeness (QED) is 0.422. The molecule has 0 radical (unpaired) electrons. The number of rotatable bonds is 6. The second-order valence-electron chi connectivity index (χ2n) is 6.53. The summed E-state index contributed by atoms with van der Waals surface area (Å²) in [4.78, 5) is 19.8. The van der Waals surface area contributed by atoms with Crippen LogP contribution in [-0.2, 0) is 6.54 Å². The van der Waals surface area contributed by atoms with Crippen LogP contribution in [0.3, 0.4) is 0 Å². The lowest BCUT2D eigenvalue weighted by atomic mass is 10.1. The van der Waals surface area contributed by atoms with Gasteiger partial charge < -0.3 is 9.15 Å². The number of hydrogen-bond acceptors (Lipinski definition) is 5.